The van der Waals surface area contributed by atoms with Crippen LogP contribution >= 0.6 is 0 Å². The van der Waals surface area contributed by atoms with Gasteiger partial charge in [0.25, 0.3) is 6.29 Å². The Labute approximate surface area is 452 Å². The van der Waals surface area contributed by atoms with Crippen molar-refractivity contribution in [2.45, 2.75) is 212 Å². The maximum atomic E-state index is 12.8. The number of unbranched alkanes of at least 4 members (excludes halogenated alkanes) is 14. The number of rotatable bonds is 51. The van der Waals surface area contributed by atoms with Crippen molar-refractivity contribution in [1.29, 1.82) is 0 Å². The first-order chi connectivity index (χ1) is 36.1. The first-order valence-electron chi connectivity index (χ1n) is 28.8. The van der Waals surface area contributed by atoms with Crippen LogP contribution in [-0.4, -0.2) is 87.4 Å². The molecule has 9 heteroatoms. The molecule has 0 saturated heterocycles. The minimum Gasteiger partial charge on any atom is -0.477 e. The Morgan fingerprint density at radius 1 is 0.419 bits per heavy atom. The van der Waals surface area contributed by atoms with Gasteiger partial charge in [0.2, 0.25) is 0 Å². The molecule has 0 spiro atoms. The zero-order chi connectivity index (χ0) is 54.1. The van der Waals surface area contributed by atoms with Crippen LogP contribution in [-0.2, 0) is 33.3 Å². The van der Waals surface area contributed by atoms with Crippen LogP contribution in [0.25, 0.3) is 0 Å². The van der Waals surface area contributed by atoms with Gasteiger partial charge in [0.1, 0.15) is 13.2 Å². The second-order valence-electron chi connectivity index (χ2n) is 19.9. The van der Waals surface area contributed by atoms with Crippen molar-refractivity contribution in [2.75, 3.05) is 47.5 Å². The Morgan fingerprint density at radius 3 is 1.15 bits per heavy atom. The highest BCUT2D eigenvalue weighted by atomic mass is 16.7. The fraction of sp³-hybridized carbons (Fsp3) is 0.615. The number of allylic oxidation sites excluding steroid dienone is 22. The first-order valence-corrected chi connectivity index (χ1v) is 28.8. The fourth-order valence-electron chi connectivity index (χ4n) is 7.25. The smallest absolute Gasteiger partial charge is 0.361 e. The van der Waals surface area contributed by atoms with Crippen LogP contribution in [0.2, 0.25) is 0 Å². The van der Waals surface area contributed by atoms with Crippen molar-refractivity contribution >= 4 is 17.9 Å². The minimum absolute atomic E-state index is 0.178. The first kappa shape index (κ1) is 69.4. The number of aliphatic carboxylic acids is 1. The number of carbonyl (C=O) groups is 3. The minimum atomic E-state index is -1.52. The van der Waals surface area contributed by atoms with Crippen LogP contribution in [0.4, 0.5) is 0 Å². The molecule has 0 aliphatic heterocycles. The summed E-state index contributed by atoms with van der Waals surface area (Å²) in [6.45, 7) is 4.69. The second kappa shape index (κ2) is 54.7. The molecule has 2 unspecified atom stereocenters. The van der Waals surface area contributed by atoms with Crippen molar-refractivity contribution in [3.05, 3.63) is 134 Å². The number of nitrogens with zero attached hydrogens (tertiary/aromatic N) is 1. The van der Waals surface area contributed by atoms with Gasteiger partial charge < -0.3 is 28.5 Å². The van der Waals surface area contributed by atoms with Gasteiger partial charge in [-0.2, -0.15) is 0 Å². The van der Waals surface area contributed by atoms with E-state index in [1.165, 1.54) is 44.9 Å². The molecule has 1 N–H and O–H groups in total. The van der Waals surface area contributed by atoms with Crippen molar-refractivity contribution in [3.63, 3.8) is 0 Å². The van der Waals surface area contributed by atoms with E-state index in [4.69, 9.17) is 18.9 Å². The largest absolute Gasteiger partial charge is 0.477 e. The highest BCUT2D eigenvalue weighted by molar-refractivity contribution is 5.71. The monoisotopic (exact) mass is 1030 g/mol. The predicted molar refractivity (Wildman–Crippen MR) is 313 cm³/mol. The maximum Gasteiger partial charge on any atom is 0.361 e. The molecule has 0 radical (unpaired) electrons. The van der Waals surface area contributed by atoms with Crippen LogP contribution in [0.3, 0.4) is 0 Å². The number of quaternary nitrogens is 1. The van der Waals surface area contributed by atoms with Gasteiger partial charge in [0.15, 0.2) is 6.10 Å². The van der Waals surface area contributed by atoms with E-state index in [1.54, 1.807) is 0 Å². The summed E-state index contributed by atoms with van der Waals surface area (Å²) in [6, 6.07) is 0. The van der Waals surface area contributed by atoms with E-state index < -0.39 is 24.3 Å². The van der Waals surface area contributed by atoms with Gasteiger partial charge in [0.05, 0.1) is 34.4 Å². The molecule has 0 aliphatic rings. The molecule has 0 amide bonds. The Kier molecular flexibility index (Phi) is 51.3. The average molecular weight is 1030 g/mol. The summed E-state index contributed by atoms with van der Waals surface area (Å²) in [5.41, 5.74) is 0. The van der Waals surface area contributed by atoms with Gasteiger partial charge in [-0.3, -0.25) is 9.59 Å². The molecule has 2 atom stereocenters. The highest BCUT2D eigenvalue weighted by Gasteiger charge is 2.25. The third-order valence-electron chi connectivity index (χ3n) is 11.7. The lowest BCUT2D eigenvalue weighted by Crippen LogP contribution is -2.40. The highest BCUT2D eigenvalue weighted by Crippen LogP contribution is 2.14. The number of hydrogen-bond acceptors (Lipinski definition) is 7. The average Bonchev–Trinajstić information content (AvgIpc) is 3.37. The Bertz CT molecular complexity index is 1670. The SMILES string of the molecule is CC/C=C\C/C=C\C/C=C\C/C=C\C/C=C\C/C=C\C/C=C\C/C=C\C/C=C\C/C=C\C/C=C\CCCCCCCC(=O)OC(COC(=O)CCCCCCCCCCCC)COC(OCC[N+](C)(C)C)C(=O)O. The van der Waals surface area contributed by atoms with E-state index in [0.717, 1.165) is 122 Å². The molecule has 0 saturated carbocycles. The third kappa shape index (κ3) is 55.2. The van der Waals surface area contributed by atoms with E-state index in [9.17, 15) is 19.5 Å². The van der Waals surface area contributed by atoms with Gasteiger partial charge in [-0.25, -0.2) is 4.79 Å². The number of ether oxygens (including phenoxy) is 4. The van der Waals surface area contributed by atoms with Crippen LogP contribution in [0.5, 0.6) is 0 Å². The second-order valence-corrected chi connectivity index (χ2v) is 19.9. The summed E-state index contributed by atoms with van der Waals surface area (Å²) in [6.07, 6.45) is 75.5. The lowest BCUT2D eigenvalue weighted by Gasteiger charge is -2.25. The third-order valence-corrected chi connectivity index (χ3v) is 11.7. The molecule has 0 aromatic heterocycles. The summed E-state index contributed by atoms with van der Waals surface area (Å²) in [7, 11) is 5.94. The van der Waals surface area contributed by atoms with Crippen LogP contribution < -0.4 is 0 Å². The molecule has 0 aromatic carbocycles. The zero-order valence-corrected chi connectivity index (χ0v) is 47.4. The van der Waals surface area contributed by atoms with Crippen LogP contribution in [0.15, 0.2) is 134 Å². The van der Waals surface area contributed by atoms with E-state index in [-0.39, 0.29) is 32.2 Å². The summed E-state index contributed by atoms with van der Waals surface area (Å²) in [5, 5.41) is 9.66. The molecule has 0 heterocycles. The van der Waals surface area contributed by atoms with E-state index >= 15 is 0 Å². The molecular formula is C65H106NO8+. The number of likely N-dealkylation sites (N-methyl/N-ethyl adjacent to an activating group) is 1. The predicted octanol–water partition coefficient (Wildman–Crippen LogP) is 17.1. The quantitative estimate of drug-likeness (QED) is 0.0211. The molecule has 9 nitrogen and oxygen atoms in total. The molecule has 0 aromatic rings. The van der Waals surface area contributed by atoms with Crippen LogP contribution in [0, 0.1) is 0 Å². The number of esters is 2. The number of carboxylic acids is 1. The van der Waals surface area contributed by atoms with Gasteiger partial charge in [-0.1, -0.05) is 225 Å². The molecule has 418 valence electrons. The molecule has 0 aliphatic carbocycles. The summed E-state index contributed by atoms with van der Waals surface area (Å²) in [5.74, 6) is -2.05. The summed E-state index contributed by atoms with van der Waals surface area (Å²) in [4.78, 5) is 37.2. The van der Waals surface area contributed by atoms with Crippen molar-refractivity contribution < 1.29 is 42.9 Å². The number of carbonyl (C=O) groups excluding carboxylic acids is 2. The van der Waals surface area contributed by atoms with Crippen molar-refractivity contribution in [1.82, 2.24) is 0 Å². The molecule has 0 fully saturated rings. The van der Waals surface area contributed by atoms with E-state index in [1.807, 2.05) is 21.1 Å². The van der Waals surface area contributed by atoms with Gasteiger partial charge in [-0.05, 0) is 96.3 Å². The summed E-state index contributed by atoms with van der Waals surface area (Å²) >= 11 is 0. The Hall–Kier alpha value is -4.57. The van der Waals surface area contributed by atoms with Crippen LogP contribution in [0.1, 0.15) is 200 Å². The normalized spacial score (nSPS) is 13.8. The molecule has 74 heavy (non-hydrogen) atoms. The lowest BCUT2D eigenvalue weighted by molar-refractivity contribution is -0.870. The summed E-state index contributed by atoms with van der Waals surface area (Å²) < 4.78 is 22.7. The van der Waals surface area contributed by atoms with Gasteiger partial charge in [-0.15, -0.1) is 0 Å². The molecular weight excluding hydrogens is 923 g/mol. The van der Waals surface area contributed by atoms with Crippen molar-refractivity contribution in [2.24, 2.45) is 0 Å². The lowest BCUT2D eigenvalue weighted by atomic mass is 10.1. The van der Waals surface area contributed by atoms with E-state index in [2.05, 4.69) is 148 Å². The van der Waals surface area contributed by atoms with Crippen molar-refractivity contribution in [3.8, 4) is 0 Å². The molecule has 0 bridgehead atoms. The number of hydrogen-bond donors (Lipinski definition) is 1. The van der Waals surface area contributed by atoms with E-state index in [0.29, 0.717) is 23.9 Å². The zero-order valence-electron chi connectivity index (χ0n) is 47.4. The standard InChI is InChI=1S/C65H105NO8/c1-6-8-10-12-14-16-18-19-20-21-22-23-24-25-26-27-28-29-30-31-32-33-34-35-36-37-38-39-40-41-42-43-44-45-46-48-50-52-54-56-63(68)74-61(60-73-65(64(69)70)71-58-57-66(3,4)5)59-72-62(67)55-53-51-49-47-17-15-13-11-9-7-2/h8,10,14,16,19-20,22-23,25-26,28-29,31-32,34-35,37-38,40-41,43-44,61,65H,6-7,9,11-13,15,17-18,21,24,27,30,33,36,39,42,45-60H2,1-5H3/p+1/b10-8-,16-14-,20-19-,23-22-,26-25-,29-28-,32-31-,35-34-,38-37-,41-40-,44-43-. The Morgan fingerprint density at radius 2 is 0.770 bits per heavy atom. The number of carboxylic acid groups (broad SMARTS) is 1. The van der Waals surface area contributed by atoms with Gasteiger partial charge >= 0.3 is 17.9 Å². The fourth-order valence-corrected chi connectivity index (χ4v) is 7.25. The Balaban J connectivity index is 4.20. The van der Waals surface area contributed by atoms with Gasteiger partial charge in [0, 0.05) is 12.8 Å². The molecule has 0 rings (SSSR count). The maximum absolute atomic E-state index is 12.8. The topological polar surface area (TPSA) is 108 Å².